The van der Waals surface area contributed by atoms with Gasteiger partial charge in [-0.15, -0.1) is 11.8 Å². The zero-order valence-corrected chi connectivity index (χ0v) is 14.8. The molecule has 2 aromatic carbocycles. The van der Waals surface area contributed by atoms with E-state index in [0.29, 0.717) is 22.9 Å². The molecule has 122 valence electrons. The Labute approximate surface area is 150 Å². The summed E-state index contributed by atoms with van der Waals surface area (Å²) < 4.78 is 0. The molecular weight excluding hydrogens is 340 g/mol. The van der Waals surface area contributed by atoms with E-state index in [1.165, 1.54) is 10.9 Å². The Kier molecular flexibility index (Phi) is 5.38. The SMILES string of the molecule is Cc1cc(SCCC(=O)Nc2ccccc2Cl)nc2ccccc12. The van der Waals surface area contributed by atoms with Crippen LogP contribution in [-0.4, -0.2) is 16.6 Å². The van der Waals surface area contributed by atoms with Gasteiger partial charge in [-0.25, -0.2) is 4.98 Å². The van der Waals surface area contributed by atoms with Crippen LogP contribution in [0.15, 0.2) is 59.6 Å². The number of benzene rings is 2. The van der Waals surface area contributed by atoms with E-state index in [2.05, 4.69) is 29.4 Å². The van der Waals surface area contributed by atoms with E-state index < -0.39 is 0 Å². The number of aromatic nitrogens is 1. The molecule has 24 heavy (non-hydrogen) atoms. The van der Waals surface area contributed by atoms with Gasteiger partial charge in [-0.05, 0) is 36.8 Å². The van der Waals surface area contributed by atoms with Crippen molar-refractivity contribution in [3.63, 3.8) is 0 Å². The second-order valence-electron chi connectivity index (χ2n) is 5.42. The molecule has 0 aliphatic rings. The van der Waals surface area contributed by atoms with Gasteiger partial charge in [-0.2, -0.15) is 0 Å². The maximum atomic E-state index is 12.0. The minimum atomic E-state index is -0.0480. The Bertz CT molecular complexity index is 882. The van der Waals surface area contributed by atoms with Crippen molar-refractivity contribution in [2.75, 3.05) is 11.1 Å². The zero-order valence-electron chi connectivity index (χ0n) is 13.3. The third-order valence-corrected chi connectivity index (χ3v) is 4.87. The zero-order chi connectivity index (χ0) is 16.9. The van der Waals surface area contributed by atoms with Crippen LogP contribution >= 0.6 is 23.4 Å². The summed E-state index contributed by atoms with van der Waals surface area (Å²) >= 11 is 7.63. The highest BCUT2D eigenvalue weighted by atomic mass is 35.5. The summed E-state index contributed by atoms with van der Waals surface area (Å²) in [7, 11) is 0. The Morgan fingerprint density at radius 2 is 1.92 bits per heavy atom. The average molecular weight is 357 g/mol. The number of pyridine rings is 1. The summed E-state index contributed by atoms with van der Waals surface area (Å²) in [6, 6.07) is 17.4. The third-order valence-electron chi connectivity index (χ3n) is 3.63. The van der Waals surface area contributed by atoms with Crippen molar-refractivity contribution in [2.45, 2.75) is 18.4 Å². The number of aryl methyl sites for hydroxylation is 1. The molecule has 5 heteroatoms. The smallest absolute Gasteiger partial charge is 0.225 e. The Morgan fingerprint density at radius 1 is 1.17 bits per heavy atom. The fraction of sp³-hybridized carbons (Fsp3) is 0.158. The molecule has 0 aliphatic carbocycles. The van der Waals surface area contributed by atoms with Crippen molar-refractivity contribution in [1.29, 1.82) is 0 Å². The van der Waals surface area contributed by atoms with Crippen LogP contribution < -0.4 is 5.32 Å². The molecule has 1 heterocycles. The maximum absolute atomic E-state index is 12.0. The summed E-state index contributed by atoms with van der Waals surface area (Å²) in [5, 5.41) is 5.49. The van der Waals surface area contributed by atoms with E-state index >= 15 is 0 Å². The van der Waals surface area contributed by atoms with Crippen molar-refractivity contribution < 1.29 is 4.79 Å². The number of carbonyl (C=O) groups excluding carboxylic acids is 1. The van der Waals surface area contributed by atoms with E-state index in [0.717, 1.165) is 10.5 Å². The molecule has 0 fully saturated rings. The molecule has 3 nitrogen and oxygen atoms in total. The van der Waals surface area contributed by atoms with E-state index in [1.807, 2.05) is 30.3 Å². The number of carbonyl (C=O) groups is 1. The largest absolute Gasteiger partial charge is 0.325 e. The number of halogens is 1. The van der Waals surface area contributed by atoms with E-state index in [4.69, 9.17) is 11.6 Å². The lowest BCUT2D eigenvalue weighted by molar-refractivity contribution is -0.115. The van der Waals surface area contributed by atoms with Crippen molar-refractivity contribution in [3.8, 4) is 0 Å². The molecule has 0 saturated heterocycles. The Hall–Kier alpha value is -2.04. The summed E-state index contributed by atoms with van der Waals surface area (Å²) in [6.07, 6.45) is 0.406. The fourth-order valence-corrected chi connectivity index (χ4v) is 3.52. The lowest BCUT2D eigenvalue weighted by atomic mass is 10.1. The molecule has 3 aromatic rings. The summed E-state index contributed by atoms with van der Waals surface area (Å²) in [5.41, 5.74) is 2.83. The molecular formula is C19H17ClN2OS. The molecule has 0 unspecified atom stereocenters. The molecule has 0 radical (unpaired) electrons. The van der Waals surface area contributed by atoms with Gasteiger partial charge in [0.15, 0.2) is 0 Å². The minimum Gasteiger partial charge on any atom is -0.325 e. The molecule has 0 spiro atoms. The number of hydrogen-bond donors (Lipinski definition) is 1. The van der Waals surface area contributed by atoms with Crippen molar-refractivity contribution in [3.05, 3.63) is 65.2 Å². The van der Waals surface area contributed by atoms with Gasteiger partial charge in [0.1, 0.15) is 0 Å². The molecule has 0 saturated carbocycles. The van der Waals surface area contributed by atoms with Crippen LogP contribution in [0.2, 0.25) is 5.02 Å². The number of fused-ring (bicyclic) bond motifs is 1. The van der Waals surface area contributed by atoms with Gasteiger partial charge in [-0.1, -0.05) is 41.9 Å². The molecule has 1 amide bonds. The van der Waals surface area contributed by atoms with Gasteiger partial charge in [0, 0.05) is 17.6 Å². The first kappa shape index (κ1) is 16.8. The van der Waals surface area contributed by atoms with Gasteiger partial charge in [0.25, 0.3) is 0 Å². The highest BCUT2D eigenvalue weighted by molar-refractivity contribution is 7.99. The van der Waals surface area contributed by atoms with E-state index in [1.54, 1.807) is 23.9 Å². The second-order valence-corrected chi connectivity index (χ2v) is 6.94. The quantitative estimate of drug-likeness (QED) is 0.629. The van der Waals surface area contributed by atoms with Crippen LogP contribution in [0.4, 0.5) is 5.69 Å². The van der Waals surface area contributed by atoms with Crippen LogP contribution in [0, 0.1) is 6.92 Å². The molecule has 1 aromatic heterocycles. The normalized spacial score (nSPS) is 10.8. The van der Waals surface area contributed by atoms with Gasteiger partial charge in [0.05, 0.1) is 21.3 Å². The van der Waals surface area contributed by atoms with Crippen LogP contribution in [0.25, 0.3) is 10.9 Å². The molecule has 3 rings (SSSR count). The average Bonchev–Trinajstić information content (AvgIpc) is 2.57. The number of nitrogens with zero attached hydrogens (tertiary/aromatic N) is 1. The lowest BCUT2D eigenvalue weighted by Gasteiger charge is -2.08. The van der Waals surface area contributed by atoms with Crippen molar-refractivity contribution >= 4 is 45.9 Å². The van der Waals surface area contributed by atoms with Crippen molar-refractivity contribution in [2.24, 2.45) is 0 Å². The molecule has 1 N–H and O–H groups in total. The number of para-hydroxylation sites is 2. The number of rotatable bonds is 5. The maximum Gasteiger partial charge on any atom is 0.225 e. The van der Waals surface area contributed by atoms with Crippen LogP contribution in [0.3, 0.4) is 0 Å². The first-order valence-electron chi connectivity index (χ1n) is 7.67. The fourth-order valence-electron chi connectivity index (χ4n) is 2.42. The number of thioether (sulfide) groups is 1. The topological polar surface area (TPSA) is 42.0 Å². The molecule has 0 atom stereocenters. The Balaban J connectivity index is 1.58. The number of anilines is 1. The summed E-state index contributed by atoms with van der Waals surface area (Å²) in [5.74, 6) is 0.620. The standard InChI is InChI=1S/C19H17ClN2OS/c1-13-12-19(22-16-8-4-2-6-14(13)16)24-11-10-18(23)21-17-9-5-3-7-15(17)20/h2-9,12H,10-11H2,1H3,(H,21,23). The third kappa shape index (κ3) is 4.08. The van der Waals surface area contributed by atoms with Gasteiger partial charge < -0.3 is 5.32 Å². The van der Waals surface area contributed by atoms with E-state index in [-0.39, 0.29) is 5.91 Å². The van der Waals surface area contributed by atoms with Gasteiger partial charge >= 0.3 is 0 Å². The number of hydrogen-bond acceptors (Lipinski definition) is 3. The predicted molar refractivity (Wildman–Crippen MR) is 102 cm³/mol. The first-order chi connectivity index (χ1) is 11.6. The van der Waals surface area contributed by atoms with E-state index in [9.17, 15) is 4.79 Å². The summed E-state index contributed by atoms with van der Waals surface area (Å²) in [4.78, 5) is 16.7. The van der Waals surface area contributed by atoms with Crippen LogP contribution in [0.5, 0.6) is 0 Å². The van der Waals surface area contributed by atoms with Crippen molar-refractivity contribution in [1.82, 2.24) is 4.98 Å². The van der Waals surface area contributed by atoms with Crippen LogP contribution in [-0.2, 0) is 4.79 Å². The summed E-state index contributed by atoms with van der Waals surface area (Å²) in [6.45, 7) is 2.08. The number of nitrogens with one attached hydrogen (secondary N) is 1. The Morgan fingerprint density at radius 3 is 2.75 bits per heavy atom. The highest BCUT2D eigenvalue weighted by Gasteiger charge is 2.07. The predicted octanol–water partition coefficient (Wildman–Crippen LogP) is 5.32. The number of amides is 1. The lowest BCUT2D eigenvalue weighted by Crippen LogP contribution is -2.12. The minimum absolute atomic E-state index is 0.0480. The molecule has 0 aliphatic heterocycles. The van der Waals surface area contributed by atoms with Gasteiger partial charge in [0.2, 0.25) is 5.91 Å². The first-order valence-corrected chi connectivity index (χ1v) is 9.03. The van der Waals surface area contributed by atoms with Crippen LogP contribution in [0.1, 0.15) is 12.0 Å². The monoisotopic (exact) mass is 356 g/mol. The van der Waals surface area contributed by atoms with Gasteiger partial charge in [-0.3, -0.25) is 4.79 Å². The second kappa shape index (κ2) is 7.69. The molecule has 0 bridgehead atoms. The highest BCUT2D eigenvalue weighted by Crippen LogP contribution is 2.24.